The van der Waals surface area contributed by atoms with Gasteiger partial charge in [0.2, 0.25) is 5.91 Å². The normalized spacial score (nSPS) is 13.8. The monoisotopic (exact) mass is 242 g/mol. The molecule has 0 saturated carbocycles. The molecule has 1 unspecified atom stereocenters. The molecule has 0 bridgehead atoms. The first-order chi connectivity index (χ1) is 7.76. The minimum atomic E-state index is 0.170. The van der Waals surface area contributed by atoms with Crippen LogP contribution in [0.4, 0.5) is 0 Å². The number of nitrogens with one attached hydrogen (secondary N) is 1. The molecule has 1 atom stereocenters. The SMILES string of the molecule is CC(C)CC(C)NC(=O)CCC(C)(C)CCN. The maximum absolute atomic E-state index is 11.7. The molecule has 102 valence electrons. The first kappa shape index (κ1) is 16.4. The molecule has 17 heavy (non-hydrogen) atoms. The molecule has 0 aromatic carbocycles. The Labute approximate surface area is 107 Å². The molecule has 0 aromatic heterocycles. The van der Waals surface area contributed by atoms with Crippen LogP contribution in [-0.2, 0) is 4.79 Å². The minimum Gasteiger partial charge on any atom is -0.354 e. The van der Waals surface area contributed by atoms with Gasteiger partial charge in [0.1, 0.15) is 0 Å². The van der Waals surface area contributed by atoms with Crippen LogP contribution in [0.3, 0.4) is 0 Å². The van der Waals surface area contributed by atoms with Gasteiger partial charge in [-0.2, -0.15) is 0 Å². The quantitative estimate of drug-likeness (QED) is 0.687. The van der Waals surface area contributed by atoms with Gasteiger partial charge in [-0.25, -0.2) is 0 Å². The lowest BCUT2D eigenvalue weighted by Gasteiger charge is -2.24. The van der Waals surface area contributed by atoms with E-state index in [9.17, 15) is 4.79 Å². The van der Waals surface area contributed by atoms with Gasteiger partial charge in [-0.15, -0.1) is 0 Å². The van der Waals surface area contributed by atoms with E-state index in [4.69, 9.17) is 5.73 Å². The molecule has 0 aromatic rings. The fourth-order valence-corrected chi connectivity index (χ4v) is 2.08. The first-order valence-electron chi connectivity index (χ1n) is 6.76. The molecule has 3 heteroatoms. The van der Waals surface area contributed by atoms with E-state index < -0.39 is 0 Å². The molecular formula is C14H30N2O. The summed E-state index contributed by atoms with van der Waals surface area (Å²) in [7, 11) is 0. The van der Waals surface area contributed by atoms with Crippen molar-refractivity contribution in [2.75, 3.05) is 6.54 Å². The summed E-state index contributed by atoms with van der Waals surface area (Å²) in [6.07, 6.45) is 3.53. The van der Waals surface area contributed by atoms with Crippen LogP contribution in [0.1, 0.15) is 60.3 Å². The van der Waals surface area contributed by atoms with Crippen molar-refractivity contribution in [1.82, 2.24) is 5.32 Å². The van der Waals surface area contributed by atoms with Crippen molar-refractivity contribution in [3.63, 3.8) is 0 Å². The third-order valence-corrected chi connectivity index (χ3v) is 3.08. The number of rotatable bonds is 8. The second kappa shape index (κ2) is 7.70. The van der Waals surface area contributed by atoms with E-state index in [1.165, 1.54) is 0 Å². The topological polar surface area (TPSA) is 55.1 Å². The summed E-state index contributed by atoms with van der Waals surface area (Å²) in [6, 6.07) is 0.278. The molecule has 0 fully saturated rings. The second-order valence-electron chi connectivity index (χ2n) is 6.30. The average molecular weight is 242 g/mol. The van der Waals surface area contributed by atoms with E-state index in [1.807, 2.05) is 0 Å². The van der Waals surface area contributed by atoms with E-state index >= 15 is 0 Å². The molecule has 3 N–H and O–H groups in total. The lowest BCUT2D eigenvalue weighted by atomic mass is 9.84. The Morgan fingerprint density at radius 3 is 2.29 bits per heavy atom. The highest BCUT2D eigenvalue weighted by atomic mass is 16.1. The van der Waals surface area contributed by atoms with Crippen LogP contribution in [0.15, 0.2) is 0 Å². The maximum Gasteiger partial charge on any atom is 0.220 e. The van der Waals surface area contributed by atoms with E-state index in [2.05, 4.69) is 39.9 Å². The van der Waals surface area contributed by atoms with Crippen molar-refractivity contribution in [1.29, 1.82) is 0 Å². The van der Waals surface area contributed by atoms with Crippen LogP contribution in [0.2, 0.25) is 0 Å². The number of carbonyl (C=O) groups is 1. The van der Waals surface area contributed by atoms with Gasteiger partial charge >= 0.3 is 0 Å². The Kier molecular flexibility index (Phi) is 7.44. The predicted octanol–water partition coefficient (Wildman–Crippen LogP) is 2.69. The predicted molar refractivity (Wildman–Crippen MR) is 73.7 cm³/mol. The third-order valence-electron chi connectivity index (χ3n) is 3.08. The molecule has 0 aliphatic carbocycles. The van der Waals surface area contributed by atoms with Crippen LogP contribution in [-0.4, -0.2) is 18.5 Å². The third kappa shape index (κ3) is 9.16. The number of amides is 1. The number of carbonyl (C=O) groups excluding carboxylic acids is 1. The Bertz CT molecular complexity index is 224. The van der Waals surface area contributed by atoms with Crippen molar-refractivity contribution in [3.05, 3.63) is 0 Å². The molecule has 0 radical (unpaired) electrons. The van der Waals surface area contributed by atoms with Crippen LogP contribution in [0.25, 0.3) is 0 Å². The zero-order valence-corrected chi connectivity index (χ0v) is 12.2. The zero-order valence-electron chi connectivity index (χ0n) is 12.2. The largest absolute Gasteiger partial charge is 0.354 e. The number of hydrogen-bond acceptors (Lipinski definition) is 2. The average Bonchev–Trinajstić information content (AvgIpc) is 2.13. The van der Waals surface area contributed by atoms with Crippen molar-refractivity contribution >= 4 is 5.91 Å². The highest BCUT2D eigenvalue weighted by Gasteiger charge is 2.18. The van der Waals surface area contributed by atoms with Crippen LogP contribution >= 0.6 is 0 Å². The molecule has 0 aliphatic heterocycles. The van der Waals surface area contributed by atoms with E-state index in [-0.39, 0.29) is 17.4 Å². The van der Waals surface area contributed by atoms with Gasteiger partial charge in [-0.3, -0.25) is 4.79 Å². The van der Waals surface area contributed by atoms with Gasteiger partial charge in [-0.1, -0.05) is 27.7 Å². The van der Waals surface area contributed by atoms with E-state index in [1.54, 1.807) is 0 Å². The molecule has 0 aliphatic rings. The number of hydrogen-bond donors (Lipinski definition) is 2. The van der Waals surface area contributed by atoms with Gasteiger partial charge < -0.3 is 11.1 Å². The van der Waals surface area contributed by atoms with Crippen molar-refractivity contribution in [2.45, 2.75) is 66.3 Å². The second-order valence-corrected chi connectivity index (χ2v) is 6.30. The van der Waals surface area contributed by atoms with Crippen molar-refractivity contribution < 1.29 is 4.79 Å². The van der Waals surface area contributed by atoms with Gasteiger partial charge in [0, 0.05) is 12.5 Å². The Morgan fingerprint density at radius 2 is 1.82 bits per heavy atom. The standard InChI is InChI=1S/C14H30N2O/c1-11(2)10-12(3)16-13(17)6-7-14(4,5)8-9-15/h11-12H,6-10,15H2,1-5H3,(H,16,17). The van der Waals surface area contributed by atoms with Gasteiger partial charge in [0.15, 0.2) is 0 Å². The number of nitrogens with two attached hydrogens (primary N) is 1. The van der Waals surface area contributed by atoms with E-state index in [0.717, 1.165) is 19.3 Å². The summed E-state index contributed by atoms with van der Waals surface area (Å²) in [5.74, 6) is 0.794. The van der Waals surface area contributed by atoms with E-state index in [0.29, 0.717) is 18.9 Å². The zero-order chi connectivity index (χ0) is 13.5. The Balaban J connectivity index is 3.87. The lowest BCUT2D eigenvalue weighted by molar-refractivity contribution is -0.122. The first-order valence-corrected chi connectivity index (χ1v) is 6.76. The van der Waals surface area contributed by atoms with Crippen molar-refractivity contribution in [3.8, 4) is 0 Å². The lowest BCUT2D eigenvalue weighted by Crippen LogP contribution is -2.34. The maximum atomic E-state index is 11.7. The summed E-state index contributed by atoms with van der Waals surface area (Å²) in [5.41, 5.74) is 5.73. The summed E-state index contributed by atoms with van der Waals surface area (Å²) < 4.78 is 0. The van der Waals surface area contributed by atoms with Crippen LogP contribution < -0.4 is 11.1 Å². The smallest absolute Gasteiger partial charge is 0.220 e. The molecule has 0 spiro atoms. The highest BCUT2D eigenvalue weighted by molar-refractivity contribution is 5.76. The molecule has 1 amide bonds. The fraction of sp³-hybridized carbons (Fsp3) is 0.929. The van der Waals surface area contributed by atoms with Gasteiger partial charge in [0.25, 0.3) is 0 Å². The minimum absolute atomic E-state index is 0.170. The van der Waals surface area contributed by atoms with Gasteiger partial charge in [-0.05, 0) is 44.1 Å². The fourth-order valence-electron chi connectivity index (χ4n) is 2.08. The summed E-state index contributed by atoms with van der Waals surface area (Å²) in [5, 5.41) is 3.06. The molecule has 0 heterocycles. The van der Waals surface area contributed by atoms with Gasteiger partial charge in [0.05, 0.1) is 0 Å². The van der Waals surface area contributed by atoms with Crippen molar-refractivity contribution in [2.24, 2.45) is 17.1 Å². The molecule has 0 rings (SSSR count). The Hall–Kier alpha value is -0.570. The summed E-state index contributed by atoms with van der Waals surface area (Å²) in [4.78, 5) is 11.7. The summed E-state index contributed by atoms with van der Waals surface area (Å²) >= 11 is 0. The van der Waals surface area contributed by atoms with Crippen LogP contribution in [0.5, 0.6) is 0 Å². The summed E-state index contributed by atoms with van der Waals surface area (Å²) in [6.45, 7) is 11.5. The molecule has 3 nitrogen and oxygen atoms in total. The Morgan fingerprint density at radius 1 is 1.24 bits per heavy atom. The molecular weight excluding hydrogens is 212 g/mol. The molecule has 0 saturated heterocycles. The highest BCUT2D eigenvalue weighted by Crippen LogP contribution is 2.25. The van der Waals surface area contributed by atoms with Crippen LogP contribution in [0, 0.1) is 11.3 Å².